The molecule has 0 aromatic heterocycles. The first-order valence-electron chi connectivity index (χ1n) is 8.56. The average Bonchev–Trinajstić information content (AvgIpc) is 2.74. The maximum absolute atomic E-state index is 13.7. The number of sulfonamides is 2. The molecule has 9 nitrogen and oxygen atoms in total. The highest BCUT2D eigenvalue weighted by Crippen LogP contribution is 2.19. The highest BCUT2D eigenvalue weighted by molar-refractivity contribution is 7.89. The second-order valence-electron chi connectivity index (χ2n) is 6.18. The fourth-order valence-corrected chi connectivity index (χ4v) is 5.04. The number of morpholine rings is 1. The minimum Gasteiger partial charge on any atom is -0.379 e. The number of hydrogen-bond donors (Lipinski definition) is 2. The Morgan fingerprint density at radius 1 is 1.00 bits per heavy atom. The highest BCUT2D eigenvalue weighted by atomic mass is 32.2. The van der Waals surface area contributed by atoms with Gasteiger partial charge in [-0.3, -0.25) is 10.2 Å². The minimum atomic E-state index is -4.61. The molecular formula is C17H17F2N3O6S2. The molecule has 13 heteroatoms. The Balaban J connectivity index is 1.76. The molecule has 0 bridgehead atoms. The minimum absolute atomic E-state index is 0.156. The van der Waals surface area contributed by atoms with Crippen molar-refractivity contribution in [3.8, 4) is 0 Å². The molecular weight excluding hydrogens is 444 g/mol. The molecule has 0 radical (unpaired) electrons. The predicted molar refractivity (Wildman–Crippen MR) is 100 cm³/mol. The van der Waals surface area contributed by atoms with Crippen molar-refractivity contribution in [3.05, 3.63) is 59.7 Å². The molecule has 3 rings (SSSR count). The zero-order valence-corrected chi connectivity index (χ0v) is 17.0. The van der Waals surface area contributed by atoms with Crippen LogP contribution in [-0.4, -0.2) is 53.4 Å². The lowest BCUT2D eigenvalue weighted by atomic mass is 10.2. The molecule has 1 saturated heterocycles. The number of nitrogens with zero attached hydrogens (tertiary/aromatic N) is 1. The van der Waals surface area contributed by atoms with Crippen LogP contribution in [0.1, 0.15) is 10.4 Å². The zero-order chi connectivity index (χ0) is 21.9. The summed E-state index contributed by atoms with van der Waals surface area (Å²) in [4.78, 5) is 12.8. The van der Waals surface area contributed by atoms with E-state index >= 15 is 0 Å². The van der Waals surface area contributed by atoms with E-state index < -0.39 is 42.5 Å². The third-order valence-corrected chi connectivity index (χ3v) is 7.34. The van der Waals surface area contributed by atoms with Gasteiger partial charge in [0.05, 0.1) is 18.1 Å². The second-order valence-corrected chi connectivity index (χ2v) is 9.77. The normalized spacial score (nSPS) is 15.7. The van der Waals surface area contributed by atoms with E-state index in [-0.39, 0.29) is 36.8 Å². The summed E-state index contributed by atoms with van der Waals surface area (Å²) in [6.07, 6.45) is 0. The molecule has 0 unspecified atom stereocenters. The Labute approximate surface area is 171 Å². The molecule has 0 aliphatic carbocycles. The Bertz CT molecular complexity index is 1170. The van der Waals surface area contributed by atoms with Crippen molar-refractivity contribution >= 4 is 26.0 Å². The number of hydrazine groups is 1. The summed E-state index contributed by atoms with van der Waals surface area (Å²) in [5.41, 5.74) is 1.69. The highest BCUT2D eigenvalue weighted by Gasteiger charge is 2.27. The number of ether oxygens (including phenoxy) is 1. The lowest BCUT2D eigenvalue weighted by Gasteiger charge is -2.26. The van der Waals surface area contributed by atoms with E-state index in [2.05, 4.69) is 0 Å². The van der Waals surface area contributed by atoms with Crippen molar-refractivity contribution in [2.24, 2.45) is 0 Å². The van der Waals surface area contributed by atoms with E-state index in [0.717, 1.165) is 12.1 Å². The molecule has 2 aromatic rings. The number of nitrogens with one attached hydrogen (secondary N) is 2. The average molecular weight is 461 g/mol. The zero-order valence-electron chi connectivity index (χ0n) is 15.3. The van der Waals surface area contributed by atoms with E-state index in [1.807, 2.05) is 5.43 Å². The fourth-order valence-electron chi connectivity index (χ4n) is 2.66. The van der Waals surface area contributed by atoms with Gasteiger partial charge in [-0.1, -0.05) is 6.07 Å². The Kier molecular flexibility index (Phi) is 6.47. The standard InChI is InChI=1S/C17H17F2N3O6S2/c18-13-4-5-15(19)16(11-13)29(24,25)21-20-17(23)12-2-1-3-14(10-12)30(26,27)22-6-8-28-9-7-22/h1-5,10-11,21H,6-9H2,(H,20,23). The quantitative estimate of drug-likeness (QED) is 0.608. The Hall–Kier alpha value is -2.45. The molecule has 1 aliphatic heterocycles. The first kappa shape index (κ1) is 22.2. The van der Waals surface area contributed by atoms with Gasteiger partial charge in [0, 0.05) is 18.7 Å². The van der Waals surface area contributed by atoms with Crippen molar-refractivity contribution in [1.29, 1.82) is 0 Å². The van der Waals surface area contributed by atoms with Crippen LogP contribution in [0, 0.1) is 11.6 Å². The topological polar surface area (TPSA) is 122 Å². The molecule has 0 atom stereocenters. The lowest BCUT2D eigenvalue weighted by molar-refractivity contribution is 0.0730. The first-order valence-corrected chi connectivity index (χ1v) is 11.5. The molecule has 0 spiro atoms. The Morgan fingerprint density at radius 2 is 1.70 bits per heavy atom. The van der Waals surface area contributed by atoms with E-state index in [1.165, 1.54) is 22.5 Å². The lowest BCUT2D eigenvalue weighted by Crippen LogP contribution is -2.42. The van der Waals surface area contributed by atoms with Gasteiger partial charge in [0.15, 0.2) is 0 Å². The monoisotopic (exact) mass is 461 g/mol. The van der Waals surface area contributed by atoms with Crippen LogP contribution in [0.2, 0.25) is 0 Å². The van der Waals surface area contributed by atoms with E-state index in [9.17, 15) is 30.4 Å². The van der Waals surface area contributed by atoms with Crippen LogP contribution in [-0.2, 0) is 24.8 Å². The second kappa shape index (κ2) is 8.73. The molecule has 2 aromatic carbocycles. The molecule has 2 N–H and O–H groups in total. The van der Waals surface area contributed by atoms with Gasteiger partial charge in [-0.25, -0.2) is 25.6 Å². The van der Waals surface area contributed by atoms with Crippen LogP contribution in [0.5, 0.6) is 0 Å². The summed E-state index contributed by atoms with van der Waals surface area (Å²) in [5.74, 6) is -3.18. The maximum atomic E-state index is 13.7. The summed E-state index contributed by atoms with van der Waals surface area (Å²) in [6, 6.07) is 6.80. The van der Waals surface area contributed by atoms with Gasteiger partial charge in [-0.05, 0) is 36.4 Å². The molecule has 162 valence electrons. The van der Waals surface area contributed by atoms with Crippen molar-refractivity contribution in [3.63, 3.8) is 0 Å². The molecule has 0 saturated carbocycles. The number of carbonyl (C=O) groups excluding carboxylic acids is 1. The molecule has 1 aliphatic rings. The van der Waals surface area contributed by atoms with Crippen LogP contribution in [0.25, 0.3) is 0 Å². The van der Waals surface area contributed by atoms with Crippen molar-refractivity contribution in [2.45, 2.75) is 9.79 Å². The number of amides is 1. The number of rotatable bonds is 6. The summed E-state index contributed by atoms with van der Waals surface area (Å²) < 4.78 is 82.9. The first-order chi connectivity index (χ1) is 14.1. The van der Waals surface area contributed by atoms with E-state index in [1.54, 1.807) is 4.83 Å². The van der Waals surface area contributed by atoms with Crippen LogP contribution in [0.3, 0.4) is 0 Å². The molecule has 30 heavy (non-hydrogen) atoms. The van der Waals surface area contributed by atoms with Crippen molar-refractivity contribution in [2.75, 3.05) is 26.3 Å². The van der Waals surface area contributed by atoms with Gasteiger partial charge in [-0.2, -0.15) is 4.31 Å². The summed E-state index contributed by atoms with van der Waals surface area (Å²) in [5, 5.41) is 0. The fraction of sp³-hybridized carbons (Fsp3) is 0.235. The van der Waals surface area contributed by atoms with Gasteiger partial charge in [0.1, 0.15) is 16.5 Å². The third-order valence-electron chi connectivity index (χ3n) is 4.19. The number of halogens is 2. The number of hydrogen-bond acceptors (Lipinski definition) is 6. The third kappa shape index (κ3) is 4.82. The van der Waals surface area contributed by atoms with Gasteiger partial charge >= 0.3 is 0 Å². The summed E-state index contributed by atoms with van der Waals surface area (Å²) >= 11 is 0. The van der Waals surface area contributed by atoms with Gasteiger partial charge in [-0.15, -0.1) is 4.83 Å². The van der Waals surface area contributed by atoms with Gasteiger partial charge < -0.3 is 4.74 Å². The van der Waals surface area contributed by atoms with Gasteiger partial charge in [0.25, 0.3) is 15.9 Å². The van der Waals surface area contributed by atoms with Crippen molar-refractivity contribution in [1.82, 2.24) is 14.6 Å². The van der Waals surface area contributed by atoms with Crippen LogP contribution in [0.15, 0.2) is 52.3 Å². The molecule has 1 heterocycles. The number of carbonyl (C=O) groups is 1. The summed E-state index contributed by atoms with van der Waals surface area (Å²) in [6.45, 7) is 0.825. The maximum Gasteiger partial charge on any atom is 0.266 e. The molecule has 1 fully saturated rings. The van der Waals surface area contributed by atoms with E-state index in [4.69, 9.17) is 4.74 Å². The smallest absolute Gasteiger partial charge is 0.266 e. The van der Waals surface area contributed by atoms with E-state index in [0.29, 0.717) is 12.1 Å². The SMILES string of the molecule is O=C(NNS(=O)(=O)c1cc(F)ccc1F)c1cccc(S(=O)(=O)N2CCOCC2)c1. The largest absolute Gasteiger partial charge is 0.379 e. The predicted octanol–water partition coefficient (Wildman–Crippen LogP) is 0.609. The molecule has 1 amide bonds. The Morgan fingerprint density at radius 3 is 2.40 bits per heavy atom. The summed E-state index contributed by atoms with van der Waals surface area (Å²) in [7, 11) is -8.48. The van der Waals surface area contributed by atoms with Crippen molar-refractivity contribution < 1.29 is 35.1 Å². The van der Waals surface area contributed by atoms with Crippen LogP contribution >= 0.6 is 0 Å². The number of benzene rings is 2. The van der Waals surface area contributed by atoms with Gasteiger partial charge in [0.2, 0.25) is 10.0 Å². The van der Waals surface area contributed by atoms with Crippen LogP contribution in [0.4, 0.5) is 8.78 Å². The van der Waals surface area contributed by atoms with Crippen LogP contribution < -0.4 is 10.3 Å².